The van der Waals surface area contributed by atoms with Gasteiger partial charge in [-0.05, 0) is 37.5 Å². The topological polar surface area (TPSA) is 87.1 Å². The van der Waals surface area contributed by atoms with Crippen molar-refractivity contribution in [3.05, 3.63) is 70.5 Å². The van der Waals surface area contributed by atoms with Crippen LogP contribution < -0.4 is 4.90 Å². The Morgan fingerprint density at radius 3 is 2.67 bits per heavy atom. The van der Waals surface area contributed by atoms with Gasteiger partial charge in [0.1, 0.15) is 11.6 Å². The van der Waals surface area contributed by atoms with Crippen molar-refractivity contribution < 1.29 is 28.6 Å². The molecule has 7 nitrogen and oxygen atoms in total. The van der Waals surface area contributed by atoms with Crippen molar-refractivity contribution in [1.29, 1.82) is 0 Å². The summed E-state index contributed by atoms with van der Waals surface area (Å²) < 4.78 is 20.0. The number of halogens is 1. The lowest BCUT2D eigenvalue weighted by molar-refractivity contribution is -0.145. The number of ether oxygens (including phenoxy) is 1. The number of Topliss-reactive ketones (excluding diaryl/α,β-unsaturated/α-hetero) is 1. The van der Waals surface area contributed by atoms with Crippen molar-refractivity contribution in [2.75, 3.05) is 25.1 Å². The summed E-state index contributed by atoms with van der Waals surface area (Å²) in [6.45, 7) is 2.14. The number of amides is 2. The maximum atomic E-state index is 14.3. The van der Waals surface area contributed by atoms with Gasteiger partial charge in [-0.2, -0.15) is 0 Å². The van der Waals surface area contributed by atoms with Crippen molar-refractivity contribution in [1.82, 2.24) is 4.90 Å². The first kappa shape index (κ1) is 21.3. The van der Waals surface area contributed by atoms with Crippen LogP contribution in [0.3, 0.4) is 0 Å². The van der Waals surface area contributed by atoms with Crippen LogP contribution in [-0.2, 0) is 24.7 Å². The van der Waals surface area contributed by atoms with Crippen LogP contribution in [0, 0.1) is 12.7 Å². The SMILES string of the molecule is Cc1ccc(C(O)=C2C(=O)C(=O)N(C[C@H]3CCCO3)[C@@]23C(=O)N(C)c2ccccc23)cc1F. The number of fused-ring (bicyclic) bond motifs is 2. The highest BCUT2D eigenvalue weighted by molar-refractivity contribution is 6.50. The average Bonchev–Trinajstić information content (AvgIpc) is 3.46. The summed E-state index contributed by atoms with van der Waals surface area (Å²) in [6.07, 6.45) is 1.17. The molecule has 1 spiro atoms. The van der Waals surface area contributed by atoms with Gasteiger partial charge >= 0.3 is 0 Å². The van der Waals surface area contributed by atoms with Gasteiger partial charge in [0, 0.05) is 37.0 Å². The fourth-order valence-corrected chi connectivity index (χ4v) is 5.10. The molecule has 0 aliphatic carbocycles. The number of anilines is 1. The Hall–Kier alpha value is -3.52. The van der Waals surface area contributed by atoms with Gasteiger partial charge < -0.3 is 19.6 Å². The van der Waals surface area contributed by atoms with E-state index in [1.54, 1.807) is 38.2 Å². The highest BCUT2D eigenvalue weighted by Crippen LogP contribution is 2.53. The molecule has 3 heterocycles. The zero-order chi connectivity index (χ0) is 23.5. The minimum atomic E-state index is -1.85. The smallest absolute Gasteiger partial charge is 0.296 e. The first-order valence-electron chi connectivity index (χ1n) is 10.8. The zero-order valence-electron chi connectivity index (χ0n) is 18.3. The van der Waals surface area contributed by atoms with Gasteiger partial charge in [0.25, 0.3) is 17.6 Å². The highest BCUT2D eigenvalue weighted by Gasteiger charge is 2.67. The number of aliphatic hydroxyl groups excluding tert-OH is 1. The summed E-state index contributed by atoms with van der Waals surface area (Å²) in [7, 11) is 1.56. The van der Waals surface area contributed by atoms with E-state index in [9.17, 15) is 23.9 Å². The van der Waals surface area contributed by atoms with Gasteiger partial charge in [0.15, 0.2) is 5.54 Å². The molecule has 0 saturated carbocycles. The molecule has 2 atom stereocenters. The lowest BCUT2D eigenvalue weighted by atomic mass is 9.81. The van der Waals surface area contributed by atoms with E-state index in [4.69, 9.17) is 4.74 Å². The lowest BCUT2D eigenvalue weighted by Crippen LogP contribution is -2.53. The van der Waals surface area contributed by atoms with Crippen LogP contribution in [0.1, 0.15) is 29.5 Å². The molecule has 2 aromatic rings. The molecule has 2 amide bonds. The second-order valence-electron chi connectivity index (χ2n) is 8.66. The van der Waals surface area contributed by atoms with E-state index in [0.29, 0.717) is 29.8 Å². The number of hydrogen-bond acceptors (Lipinski definition) is 5. The monoisotopic (exact) mass is 450 g/mol. The number of carbonyl (C=O) groups is 3. The van der Waals surface area contributed by atoms with Crippen LogP contribution in [0.2, 0.25) is 0 Å². The Kier molecular flexibility index (Phi) is 4.86. The van der Waals surface area contributed by atoms with Crippen LogP contribution in [0.15, 0.2) is 48.0 Å². The van der Waals surface area contributed by atoms with Crippen LogP contribution >= 0.6 is 0 Å². The molecule has 1 N–H and O–H groups in total. The Balaban J connectivity index is 1.79. The molecular weight excluding hydrogens is 427 g/mol. The number of likely N-dealkylation sites (N-methyl/N-ethyl adjacent to an activating group) is 1. The number of aryl methyl sites for hydroxylation is 1. The minimum Gasteiger partial charge on any atom is -0.507 e. The zero-order valence-corrected chi connectivity index (χ0v) is 18.3. The lowest BCUT2D eigenvalue weighted by Gasteiger charge is -2.35. The van der Waals surface area contributed by atoms with E-state index in [0.717, 1.165) is 12.5 Å². The molecule has 2 fully saturated rings. The molecule has 8 heteroatoms. The van der Waals surface area contributed by atoms with Crippen molar-refractivity contribution in [3.8, 4) is 0 Å². The number of benzene rings is 2. The fraction of sp³-hybridized carbons (Fsp3) is 0.320. The number of carbonyl (C=O) groups excluding carboxylic acids is 3. The second kappa shape index (κ2) is 7.52. The van der Waals surface area contributed by atoms with E-state index in [-0.39, 0.29) is 23.8 Å². The van der Waals surface area contributed by atoms with Crippen molar-refractivity contribution in [2.24, 2.45) is 0 Å². The average molecular weight is 450 g/mol. The largest absolute Gasteiger partial charge is 0.507 e. The minimum absolute atomic E-state index is 0.0208. The molecular formula is C25H23FN2O5. The standard InChI is InChI=1S/C25H23FN2O5/c1-14-9-10-15(12-18(14)26)21(29)20-22(30)23(31)28(13-16-6-5-11-33-16)25(20)17-7-3-4-8-19(17)27(2)24(25)32/h3-4,7-10,12,16,29H,5-6,11,13H2,1-2H3/t16-,25-/m1/s1. The highest BCUT2D eigenvalue weighted by atomic mass is 19.1. The van der Waals surface area contributed by atoms with Crippen LogP contribution in [0.4, 0.5) is 10.1 Å². The predicted octanol–water partition coefficient (Wildman–Crippen LogP) is 2.87. The molecule has 2 aromatic carbocycles. The fourth-order valence-electron chi connectivity index (χ4n) is 5.10. The van der Waals surface area contributed by atoms with E-state index >= 15 is 0 Å². The first-order valence-corrected chi connectivity index (χ1v) is 10.8. The molecule has 0 radical (unpaired) electrons. The van der Waals surface area contributed by atoms with E-state index in [1.165, 1.54) is 21.9 Å². The van der Waals surface area contributed by atoms with E-state index < -0.39 is 34.7 Å². The molecule has 3 aliphatic rings. The van der Waals surface area contributed by atoms with Gasteiger partial charge in [0.05, 0.1) is 11.7 Å². The van der Waals surface area contributed by atoms with Gasteiger partial charge in [-0.15, -0.1) is 0 Å². The molecule has 170 valence electrons. The van der Waals surface area contributed by atoms with Gasteiger partial charge in [-0.1, -0.05) is 30.3 Å². The Labute approximate surface area is 190 Å². The molecule has 0 aromatic heterocycles. The van der Waals surface area contributed by atoms with Crippen LogP contribution in [0.25, 0.3) is 5.76 Å². The third kappa shape index (κ3) is 2.87. The predicted molar refractivity (Wildman–Crippen MR) is 118 cm³/mol. The van der Waals surface area contributed by atoms with Crippen LogP contribution in [-0.4, -0.2) is 53.9 Å². The van der Waals surface area contributed by atoms with Crippen molar-refractivity contribution >= 4 is 29.0 Å². The Morgan fingerprint density at radius 2 is 1.97 bits per heavy atom. The number of likely N-dealkylation sites (tertiary alicyclic amines) is 1. The van der Waals surface area contributed by atoms with E-state index in [1.807, 2.05) is 0 Å². The maximum Gasteiger partial charge on any atom is 0.296 e. The summed E-state index contributed by atoms with van der Waals surface area (Å²) in [5.41, 5.74) is -0.867. The van der Waals surface area contributed by atoms with Gasteiger partial charge in [-0.25, -0.2) is 4.39 Å². The number of nitrogens with zero attached hydrogens (tertiary/aromatic N) is 2. The normalized spacial score (nSPS) is 26.0. The summed E-state index contributed by atoms with van der Waals surface area (Å²) in [5, 5.41) is 11.3. The number of rotatable bonds is 3. The summed E-state index contributed by atoms with van der Waals surface area (Å²) in [4.78, 5) is 43.1. The molecule has 0 unspecified atom stereocenters. The molecule has 0 bridgehead atoms. The second-order valence-corrected chi connectivity index (χ2v) is 8.66. The van der Waals surface area contributed by atoms with Crippen molar-refractivity contribution in [3.63, 3.8) is 0 Å². The third-order valence-electron chi connectivity index (χ3n) is 6.79. The first-order chi connectivity index (χ1) is 15.8. The molecule has 5 rings (SSSR count). The molecule has 3 aliphatic heterocycles. The molecule has 2 saturated heterocycles. The summed E-state index contributed by atoms with van der Waals surface area (Å²) in [5.74, 6) is -3.56. The van der Waals surface area contributed by atoms with E-state index in [2.05, 4.69) is 0 Å². The number of hydrogen-bond donors (Lipinski definition) is 1. The number of ketones is 1. The van der Waals surface area contributed by atoms with Crippen molar-refractivity contribution in [2.45, 2.75) is 31.4 Å². The molecule has 33 heavy (non-hydrogen) atoms. The van der Waals surface area contributed by atoms with Crippen LogP contribution in [0.5, 0.6) is 0 Å². The van der Waals surface area contributed by atoms with Gasteiger partial charge in [-0.3, -0.25) is 14.4 Å². The number of aliphatic hydroxyl groups is 1. The Bertz CT molecular complexity index is 1230. The summed E-state index contributed by atoms with van der Waals surface area (Å²) in [6, 6.07) is 10.9. The van der Waals surface area contributed by atoms with Gasteiger partial charge in [0.2, 0.25) is 0 Å². The quantitative estimate of drug-likeness (QED) is 0.442. The maximum absolute atomic E-state index is 14.3. The summed E-state index contributed by atoms with van der Waals surface area (Å²) >= 11 is 0. The number of para-hydroxylation sites is 1. The Morgan fingerprint density at radius 1 is 1.21 bits per heavy atom. The third-order valence-corrected chi connectivity index (χ3v) is 6.79.